The Morgan fingerprint density at radius 3 is 2.58 bits per heavy atom. The average molecular weight is 487 g/mol. The highest BCUT2D eigenvalue weighted by Gasteiger charge is 2.14. The van der Waals surface area contributed by atoms with Gasteiger partial charge in [-0.3, -0.25) is 9.79 Å². The lowest BCUT2D eigenvalue weighted by Crippen LogP contribution is -2.36. The van der Waals surface area contributed by atoms with E-state index in [1.54, 1.807) is 7.11 Å². The number of fused-ring (bicyclic) bond motifs is 1. The fourth-order valence-electron chi connectivity index (χ4n) is 4.29. The third kappa shape index (κ3) is 7.79. The molecule has 3 aromatic rings. The van der Waals surface area contributed by atoms with Crippen molar-refractivity contribution in [1.29, 1.82) is 0 Å². The summed E-state index contributed by atoms with van der Waals surface area (Å²) >= 11 is 0. The van der Waals surface area contributed by atoms with Crippen LogP contribution in [0.15, 0.2) is 71.7 Å². The molecule has 0 heterocycles. The van der Waals surface area contributed by atoms with Crippen molar-refractivity contribution in [2.75, 3.05) is 20.3 Å². The van der Waals surface area contributed by atoms with Crippen molar-refractivity contribution in [1.82, 2.24) is 5.32 Å². The van der Waals surface area contributed by atoms with Crippen LogP contribution in [0.4, 0.5) is 0 Å². The molecule has 0 fully saturated rings. The Kier molecular flexibility index (Phi) is 10.3. The van der Waals surface area contributed by atoms with E-state index in [1.165, 1.54) is 11.1 Å². The maximum Gasteiger partial charge on any atom is 0.224 e. The molecule has 1 amide bonds. The second-order valence-electron chi connectivity index (χ2n) is 9.31. The van der Waals surface area contributed by atoms with Crippen molar-refractivity contribution in [2.45, 2.75) is 52.6 Å². The zero-order valence-electron chi connectivity index (χ0n) is 22.0. The first-order chi connectivity index (χ1) is 17.4. The molecule has 190 valence electrons. The fraction of sp³-hybridized carbons (Fsp3) is 0.355. The van der Waals surface area contributed by atoms with Gasteiger partial charge in [0.2, 0.25) is 5.91 Å². The number of carbonyl (C=O) groups is 1. The van der Waals surface area contributed by atoms with Gasteiger partial charge in [0, 0.05) is 25.8 Å². The van der Waals surface area contributed by atoms with Crippen molar-refractivity contribution in [3.63, 3.8) is 0 Å². The summed E-state index contributed by atoms with van der Waals surface area (Å²) in [6.45, 7) is 11.9. The standard InChI is InChI=1S/C31H38N2O3/c1-22(2)19-28(33-31(34)20-26-11-8-10-25-9-6-7-12-29(25)26)15-16-32-21-27-13-14-30(24(4)23(27)3)36-18-17-35-5/h6-14,16,28H,1,15,17-21H2,2-5H3,(H,33,34). The maximum atomic E-state index is 12.9. The van der Waals surface area contributed by atoms with Gasteiger partial charge >= 0.3 is 0 Å². The smallest absolute Gasteiger partial charge is 0.224 e. The van der Waals surface area contributed by atoms with Gasteiger partial charge in [0.1, 0.15) is 12.4 Å². The quantitative estimate of drug-likeness (QED) is 0.179. The largest absolute Gasteiger partial charge is 0.491 e. The Bertz CT molecular complexity index is 1210. The summed E-state index contributed by atoms with van der Waals surface area (Å²) in [5.41, 5.74) is 5.55. The molecule has 0 aromatic heterocycles. The van der Waals surface area contributed by atoms with Crippen LogP contribution in [0.3, 0.4) is 0 Å². The number of methoxy groups -OCH3 is 1. The lowest BCUT2D eigenvalue weighted by molar-refractivity contribution is -0.121. The van der Waals surface area contributed by atoms with Crippen molar-refractivity contribution >= 4 is 22.9 Å². The monoisotopic (exact) mass is 486 g/mol. The van der Waals surface area contributed by atoms with E-state index >= 15 is 0 Å². The van der Waals surface area contributed by atoms with Gasteiger partial charge in [-0.15, -0.1) is 6.58 Å². The van der Waals surface area contributed by atoms with Gasteiger partial charge < -0.3 is 14.8 Å². The van der Waals surface area contributed by atoms with E-state index in [2.05, 4.69) is 55.0 Å². The summed E-state index contributed by atoms with van der Waals surface area (Å²) in [5, 5.41) is 5.46. The normalized spacial score (nSPS) is 12.1. The highest BCUT2D eigenvalue weighted by molar-refractivity contribution is 5.90. The van der Waals surface area contributed by atoms with E-state index in [0.29, 0.717) is 32.6 Å². The van der Waals surface area contributed by atoms with Crippen molar-refractivity contribution in [3.8, 4) is 5.75 Å². The Morgan fingerprint density at radius 2 is 1.81 bits per heavy atom. The lowest BCUT2D eigenvalue weighted by Gasteiger charge is -2.18. The second-order valence-corrected chi connectivity index (χ2v) is 9.31. The maximum absolute atomic E-state index is 12.9. The first kappa shape index (κ1) is 27.2. The van der Waals surface area contributed by atoms with E-state index in [9.17, 15) is 4.79 Å². The molecule has 5 heteroatoms. The highest BCUT2D eigenvalue weighted by atomic mass is 16.5. The van der Waals surface area contributed by atoms with Crippen LogP contribution < -0.4 is 10.1 Å². The topological polar surface area (TPSA) is 59.9 Å². The Hall–Kier alpha value is -3.44. The first-order valence-corrected chi connectivity index (χ1v) is 12.5. The van der Waals surface area contributed by atoms with Gasteiger partial charge in [-0.1, -0.05) is 54.1 Å². The molecule has 3 rings (SSSR count). The van der Waals surface area contributed by atoms with Gasteiger partial charge in [0.05, 0.1) is 19.6 Å². The lowest BCUT2D eigenvalue weighted by atomic mass is 10.0. The molecule has 0 spiro atoms. The molecule has 0 saturated heterocycles. The fourth-order valence-corrected chi connectivity index (χ4v) is 4.29. The molecule has 5 nitrogen and oxygen atoms in total. The van der Waals surface area contributed by atoms with E-state index < -0.39 is 0 Å². The number of ether oxygens (including phenoxy) is 2. The van der Waals surface area contributed by atoms with Gasteiger partial charge in [0.15, 0.2) is 0 Å². The molecule has 0 aliphatic rings. The minimum atomic E-state index is -0.0341. The van der Waals surface area contributed by atoms with E-state index in [0.717, 1.165) is 39.6 Å². The summed E-state index contributed by atoms with van der Waals surface area (Å²) in [7, 11) is 1.67. The third-order valence-electron chi connectivity index (χ3n) is 6.37. The number of nitrogens with one attached hydrogen (secondary N) is 1. The summed E-state index contributed by atoms with van der Waals surface area (Å²) in [5.74, 6) is 0.897. The molecule has 0 radical (unpaired) electrons. The Morgan fingerprint density at radius 1 is 1.03 bits per heavy atom. The SMILES string of the molecule is C=C(C)CC(CC=NCc1ccc(OCCOC)c(C)c1C)NC(=O)Cc1cccc2ccccc12. The van der Waals surface area contributed by atoms with Gasteiger partial charge in [-0.2, -0.15) is 0 Å². The van der Waals surface area contributed by atoms with Gasteiger partial charge in [0.25, 0.3) is 0 Å². The second kappa shape index (κ2) is 13.6. The highest BCUT2D eigenvalue weighted by Crippen LogP contribution is 2.25. The average Bonchev–Trinajstić information content (AvgIpc) is 2.85. The number of aliphatic imine (C=N–C) groups is 1. The number of carbonyl (C=O) groups excluding carboxylic acids is 1. The molecule has 1 atom stereocenters. The van der Waals surface area contributed by atoms with Crippen LogP contribution in [0.1, 0.15) is 42.0 Å². The van der Waals surface area contributed by atoms with Crippen molar-refractivity contribution < 1.29 is 14.3 Å². The molecular formula is C31H38N2O3. The summed E-state index contributed by atoms with van der Waals surface area (Å²) < 4.78 is 10.9. The van der Waals surface area contributed by atoms with E-state index in [1.807, 2.05) is 43.5 Å². The van der Waals surface area contributed by atoms with Crippen LogP contribution in [0.25, 0.3) is 10.8 Å². The molecule has 0 saturated carbocycles. The molecule has 3 aromatic carbocycles. The van der Waals surface area contributed by atoms with Crippen LogP contribution in [0.5, 0.6) is 5.75 Å². The summed E-state index contributed by atoms with van der Waals surface area (Å²) in [6, 6.07) is 18.3. The molecule has 1 N–H and O–H groups in total. The summed E-state index contributed by atoms with van der Waals surface area (Å²) in [6.07, 6.45) is 3.65. The molecule has 1 unspecified atom stereocenters. The molecular weight excluding hydrogens is 448 g/mol. The molecule has 36 heavy (non-hydrogen) atoms. The number of amides is 1. The van der Waals surface area contributed by atoms with E-state index in [-0.39, 0.29) is 11.9 Å². The van der Waals surface area contributed by atoms with Gasteiger partial charge in [-0.25, -0.2) is 0 Å². The Balaban J connectivity index is 1.59. The van der Waals surface area contributed by atoms with Crippen molar-refractivity contribution in [2.24, 2.45) is 4.99 Å². The zero-order valence-corrected chi connectivity index (χ0v) is 22.0. The van der Waals surface area contributed by atoms with Crippen LogP contribution in [-0.2, 0) is 22.5 Å². The molecule has 0 aliphatic heterocycles. The zero-order chi connectivity index (χ0) is 25.9. The van der Waals surface area contributed by atoms with Crippen LogP contribution in [-0.4, -0.2) is 38.5 Å². The predicted octanol–water partition coefficient (Wildman–Crippen LogP) is 6.14. The van der Waals surface area contributed by atoms with Gasteiger partial charge in [-0.05, 0) is 66.3 Å². The molecule has 0 bridgehead atoms. The molecule has 0 aliphatic carbocycles. The predicted molar refractivity (Wildman–Crippen MR) is 149 cm³/mol. The van der Waals surface area contributed by atoms with Crippen molar-refractivity contribution in [3.05, 3.63) is 89.0 Å². The number of benzene rings is 3. The minimum Gasteiger partial charge on any atom is -0.491 e. The summed E-state index contributed by atoms with van der Waals surface area (Å²) in [4.78, 5) is 17.6. The number of hydrogen-bond donors (Lipinski definition) is 1. The number of hydrogen-bond acceptors (Lipinski definition) is 4. The first-order valence-electron chi connectivity index (χ1n) is 12.5. The van der Waals surface area contributed by atoms with Crippen LogP contribution >= 0.6 is 0 Å². The number of nitrogens with zero attached hydrogens (tertiary/aromatic N) is 1. The van der Waals surface area contributed by atoms with Crippen LogP contribution in [0.2, 0.25) is 0 Å². The Labute approximate surface area is 215 Å². The third-order valence-corrected chi connectivity index (χ3v) is 6.37. The minimum absolute atomic E-state index is 0.0153. The van der Waals surface area contributed by atoms with Crippen LogP contribution in [0, 0.1) is 13.8 Å². The number of rotatable bonds is 13. The van der Waals surface area contributed by atoms with E-state index in [4.69, 9.17) is 9.47 Å².